The fraction of sp³-hybridized carbons (Fsp3) is 0.545. The number of hydrogen-bond acceptors (Lipinski definition) is 5. The number of amides is 3. The quantitative estimate of drug-likeness (QED) is 0.703. The fourth-order valence-corrected chi connectivity index (χ4v) is 5.09. The predicted molar refractivity (Wildman–Crippen MR) is 108 cm³/mol. The van der Waals surface area contributed by atoms with Crippen molar-refractivity contribution in [2.24, 2.45) is 11.8 Å². The first kappa shape index (κ1) is 20.4. The SMILES string of the molecule is C[C@H]1C[C@H](C)CN(C(=O)COC(=O)[C@@]23CCC(=O)N2c2ccccc2C(=O)N3C)C1. The average Bonchev–Trinajstić information content (AvgIpc) is 3.08. The molecule has 0 aliphatic carbocycles. The third-order valence-corrected chi connectivity index (χ3v) is 6.42. The summed E-state index contributed by atoms with van der Waals surface area (Å²) in [5.74, 6) is -0.797. The van der Waals surface area contributed by atoms with E-state index in [1.54, 1.807) is 29.2 Å². The zero-order valence-electron chi connectivity index (χ0n) is 17.6. The molecular weight excluding hydrogens is 386 g/mol. The van der Waals surface area contributed by atoms with Crippen LogP contribution in [0.25, 0.3) is 0 Å². The third-order valence-electron chi connectivity index (χ3n) is 6.42. The second-order valence-electron chi connectivity index (χ2n) is 8.75. The lowest BCUT2D eigenvalue weighted by Crippen LogP contribution is -2.67. The summed E-state index contributed by atoms with van der Waals surface area (Å²) in [6.45, 7) is 5.09. The Morgan fingerprint density at radius 2 is 1.80 bits per heavy atom. The summed E-state index contributed by atoms with van der Waals surface area (Å²) in [6, 6.07) is 6.74. The number of likely N-dealkylation sites (N-methyl/N-ethyl adjacent to an activating group) is 1. The van der Waals surface area contributed by atoms with E-state index in [-0.39, 0.29) is 30.6 Å². The second-order valence-corrected chi connectivity index (χ2v) is 8.75. The van der Waals surface area contributed by atoms with Gasteiger partial charge in [0.25, 0.3) is 11.8 Å². The van der Waals surface area contributed by atoms with E-state index in [0.717, 1.165) is 6.42 Å². The Balaban J connectivity index is 1.56. The maximum Gasteiger partial charge on any atom is 0.354 e. The van der Waals surface area contributed by atoms with E-state index in [4.69, 9.17) is 4.74 Å². The van der Waals surface area contributed by atoms with Crippen LogP contribution in [-0.2, 0) is 19.1 Å². The highest BCUT2D eigenvalue weighted by molar-refractivity contribution is 6.15. The standard InChI is InChI=1S/C22H27N3O5/c1-14-10-15(2)12-24(11-14)19(27)13-30-21(29)22-9-8-18(26)25(22)17-7-5-4-6-16(17)20(28)23(22)3/h4-7,14-15H,8-13H2,1-3H3/t14-,15-,22+/m0/s1. The normalized spacial score (nSPS) is 28.3. The van der Waals surface area contributed by atoms with Crippen LogP contribution in [0.2, 0.25) is 0 Å². The Labute approximate surface area is 175 Å². The highest BCUT2D eigenvalue weighted by Gasteiger charge is 2.60. The van der Waals surface area contributed by atoms with Crippen LogP contribution in [0.15, 0.2) is 24.3 Å². The van der Waals surface area contributed by atoms with Gasteiger partial charge in [0.2, 0.25) is 11.6 Å². The first-order chi connectivity index (χ1) is 14.3. The summed E-state index contributed by atoms with van der Waals surface area (Å²) < 4.78 is 5.44. The molecule has 3 aliphatic rings. The van der Waals surface area contributed by atoms with Gasteiger partial charge >= 0.3 is 5.97 Å². The lowest BCUT2D eigenvalue weighted by molar-refractivity contribution is -0.162. The number of hydrogen-bond donors (Lipinski definition) is 0. The molecule has 3 heterocycles. The van der Waals surface area contributed by atoms with Crippen LogP contribution in [0.4, 0.5) is 5.69 Å². The number of esters is 1. The van der Waals surface area contributed by atoms with Crippen molar-refractivity contribution >= 4 is 29.4 Å². The number of carbonyl (C=O) groups excluding carboxylic acids is 4. The van der Waals surface area contributed by atoms with Crippen LogP contribution in [0.1, 0.15) is 43.5 Å². The van der Waals surface area contributed by atoms with Crippen LogP contribution in [0, 0.1) is 11.8 Å². The highest BCUT2D eigenvalue weighted by Crippen LogP contribution is 2.44. The average molecular weight is 413 g/mol. The van der Waals surface area contributed by atoms with Gasteiger partial charge in [0.05, 0.1) is 11.3 Å². The summed E-state index contributed by atoms with van der Waals surface area (Å²) in [7, 11) is 1.50. The molecule has 2 fully saturated rings. The third kappa shape index (κ3) is 3.05. The van der Waals surface area contributed by atoms with E-state index < -0.39 is 18.2 Å². The maximum absolute atomic E-state index is 13.2. The van der Waals surface area contributed by atoms with Crippen molar-refractivity contribution in [3.63, 3.8) is 0 Å². The molecule has 0 saturated carbocycles. The molecule has 160 valence electrons. The van der Waals surface area contributed by atoms with Gasteiger partial charge in [-0.25, -0.2) is 4.79 Å². The number of carbonyl (C=O) groups is 4. The van der Waals surface area contributed by atoms with Gasteiger partial charge in [-0.3, -0.25) is 19.3 Å². The fourth-order valence-electron chi connectivity index (χ4n) is 5.09. The number of fused-ring (bicyclic) bond motifs is 3. The number of piperidine rings is 1. The van der Waals surface area contributed by atoms with Crippen LogP contribution in [-0.4, -0.2) is 65.9 Å². The minimum absolute atomic E-state index is 0.121. The minimum atomic E-state index is -1.55. The molecule has 3 amide bonds. The summed E-state index contributed by atoms with van der Waals surface area (Å²) in [5.41, 5.74) is -0.776. The monoisotopic (exact) mass is 413 g/mol. The zero-order chi connectivity index (χ0) is 21.6. The highest BCUT2D eigenvalue weighted by atomic mass is 16.5. The van der Waals surface area contributed by atoms with E-state index >= 15 is 0 Å². The number of likely N-dealkylation sites (tertiary alicyclic amines) is 1. The van der Waals surface area contributed by atoms with E-state index in [1.165, 1.54) is 16.8 Å². The lowest BCUT2D eigenvalue weighted by atomic mass is 9.92. The van der Waals surface area contributed by atoms with E-state index in [2.05, 4.69) is 13.8 Å². The predicted octanol–water partition coefficient (Wildman–Crippen LogP) is 1.64. The number of benzene rings is 1. The molecule has 0 bridgehead atoms. The largest absolute Gasteiger partial charge is 0.452 e. The van der Waals surface area contributed by atoms with Crippen molar-refractivity contribution in [2.75, 3.05) is 31.6 Å². The van der Waals surface area contributed by atoms with Gasteiger partial charge < -0.3 is 14.5 Å². The Bertz CT molecular complexity index is 906. The van der Waals surface area contributed by atoms with E-state index in [1.807, 2.05) is 0 Å². The van der Waals surface area contributed by atoms with Gasteiger partial charge in [0.1, 0.15) is 0 Å². The molecule has 4 rings (SSSR count). The van der Waals surface area contributed by atoms with Gasteiger partial charge in [-0.05, 0) is 30.4 Å². The lowest BCUT2D eigenvalue weighted by Gasteiger charge is -2.46. The van der Waals surface area contributed by atoms with Gasteiger partial charge in [-0.2, -0.15) is 0 Å². The molecule has 8 nitrogen and oxygen atoms in total. The molecule has 1 aromatic carbocycles. The zero-order valence-corrected chi connectivity index (χ0v) is 17.6. The van der Waals surface area contributed by atoms with Crippen molar-refractivity contribution in [3.05, 3.63) is 29.8 Å². The number of rotatable bonds is 3. The molecule has 3 aliphatic heterocycles. The van der Waals surface area contributed by atoms with Gasteiger partial charge in [0, 0.05) is 33.0 Å². The van der Waals surface area contributed by atoms with E-state index in [9.17, 15) is 19.2 Å². The van der Waals surface area contributed by atoms with Crippen LogP contribution in [0.5, 0.6) is 0 Å². The first-order valence-electron chi connectivity index (χ1n) is 10.4. The Morgan fingerprint density at radius 3 is 2.50 bits per heavy atom. The Hall–Kier alpha value is -2.90. The molecule has 0 unspecified atom stereocenters. The van der Waals surface area contributed by atoms with Crippen molar-refractivity contribution in [1.82, 2.24) is 9.80 Å². The molecule has 8 heteroatoms. The molecule has 1 aromatic rings. The van der Waals surface area contributed by atoms with Crippen molar-refractivity contribution in [3.8, 4) is 0 Å². The number of ether oxygens (including phenoxy) is 1. The Morgan fingerprint density at radius 1 is 1.13 bits per heavy atom. The number of anilines is 1. The second kappa shape index (κ2) is 7.41. The van der Waals surface area contributed by atoms with Gasteiger partial charge in [-0.1, -0.05) is 26.0 Å². The summed E-state index contributed by atoms with van der Waals surface area (Å²) in [4.78, 5) is 55.9. The minimum Gasteiger partial charge on any atom is -0.452 e. The van der Waals surface area contributed by atoms with Gasteiger partial charge in [0.15, 0.2) is 6.61 Å². The smallest absolute Gasteiger partial charge is 0.354 e. The molecule has 0 N–H and O–H groups in total. The Kier molecular flexibility index (Phi) is 5.03. The summed E-state index contributed by atoms with van der Waals surface area (Å²) >= 11 is 0. The van der Waals surface area contributed by atoms with Crippen LogP contribution in [0.3, 0.4) is 0 Å². The topological polar surface area (TPSA) is 87.2 Å². The molecule has 0 spiro atoms. The van der Waals surface area contributed by atoms with Crippen molar-refractivity contribution in [2.45, 2.75) is 38.8 Å². The maximum atomic E-state index is 13.2. The van der Waals surface area contributed by atoms with E-state index in [0.29, 0.717) is 36.2 Å². The van der Waals surface area contributed by atoms with Crippen molar-refractivity contribution < 1.29 is 23.9 Å². The summed E-state index contributed by atoms with van der Waals surface area (Å²) in [5, 5.41) is 0. The molecule has 3 atom stereocenters. The van der Waals surface area contributed by atoms with Crippen LogP contribution < -0.4 is 4.90 Å². The molecule has 30 heavy (non-hydrogen) atoms. The molecule has 0 aromatic heterocycles. The van der Waals surface area contributed by atoms with Gasteiger partial charge in [-0.15, -0.1) is 0 Å². The number of nitrogens with zero attached hydrogens (tertiary/aromatic N) is 3. The molecule has 2 saturated heterocycles. The molecule has 0 radical (unpaired) electrons. The number of para-hydroxylation sites is 1. The van der Waals surface area contributed by atoms with Crippen molar-refractivity contribution in [1.29, 1.82) is 0 Å². The first-order valence-corrected chi connectivity index (χ1v) is 10.4. The van der Waals surface area contributed by atoms with Crippen LogP contribution >= 0.6 is 0 Å². The molecular formula is C22H27N3O5. The summed E-state index contributed by atoms with van der Waals surface area (Å²) in [6.07, 6.45) is 1.32.